The molecule has 2 nitrogen and oxygen atoms in total. The number of piperidine rings is 1. The molecule has 0 amide bonds. The normalized spacial score (nSPS) is 28.9. The van der Waals surface area contributed by atoms with Gasteiger partial charge in [-0.2, -0.15) is 0 Å². The maximum absolute atomic E-state index is 3.54. The molecule has 0 N–H and O–H groups in total. The lowest BCUT2D eigenvalue weighted by Gasteiger charge is -2.44. The third-order valence-corrected chi connectivity index (χ3v) is 4.92. The summed E-state index contributed by atoms with van der Waals surface area (Å²) in [5.41, 5.74) is 0. The average Bonchev–Trinajstić information content (AvgIpc) is 2.36. The second-order valence-corrected chi connectivity index (χ2v) is 6.65. The molecule has 2 rings (SSSR count). The molecule has 0 bridgehead atoms. The lowest BCUT2D eigenvalue weighted by atomic mass is 9.98. The zero-order chi connectivity index (χ0) is 12.1. The van der Waals surface area contributed by atoms with E-state index < -0.39 is 0 Å². The van der Waals surface area contributed by atoms with E-state index in [4.69, 9.17) is 0 Å². The summed E-state index contributed by atoms with van der Waals surface area (Å²) in [7, 11) is 0. The zero-order valence-electron chi connectivity index (χ0n) is 11.2. The van der Waals surface area contributed by atoms with Crippen LogP contribution in [0, 0.1) is 5.92 Å². The Morgan fingerprint density at radius 2 is 2.06 bits per heavy atom. The van der Waals surface area contributed by atoms with Gasteiger partial charge in [0.1, 0.15) is 0 Å². The third-order valence-electron chi connectivity index (χ3n) is 4.46. The summed E-state index contributed by atoms with van der Waals surface area (Å²) >= 11 is 3.54. The minimum atomic E-state index is 0.874. The topological polar surface area (TPSA) is 6.48 Å². The fourth-order valence-corrected chi connectivity index (χ4v) is 3.94. The molecule has 2 aliphatic rings. The maximum Gasteiger partial charge on any atom is 0.0223 e. The number of hydrogen-bond acceptors (Lipinski definition) is 2. The van der Waals surface area contributed by atoms with Crippen molar-refractivity contribution in [1.82, 2.24) is 9.80 Å². The first kappa shape index (κ1) is 13.8. The van der Waals surface area contributed by atoms with Crippen LogP contribution in [0.25, 0.3) is 0 Å². The van der Waals surface area contributed by atoms with Gasteiger partial charge in [0.15, 0.2) is 0 Å². The van der Waals surface area contributed by atoms with Crippen molar-refractivity contribution < 1.29 is 0 Å². The lowest BCUT2D eigenvalue weighted by Crippen LogP contribution is -2.54. The van der Waals surface area contributed by atoms with Crippen molar-refractivity contribution in [2.24, 2.45) is 5.92 Å². The predicted octanol–water partition coefficient (Wildman–Crippen LogP) is 2.97. The van der Waals surface area contributed by atoms with Gasteiger partial charge in [0.05, 0.1) is 0 Å². The van der Waals surface area contributed by atoms with Gasteiger partial charge in [-0.3, -0.25) is 4.90 Å². The largest absolute Gasteiger partial charge is 0.301 e. The molecule has 2 unspecified atom stereocenters. The Morgan fingerprint density at radius 1 is 1.18 bits per heavy atom. The lowest BCUT2D eigenvalue weighted by molar-refractivity contribution is 0.0470. The summed E-state index contributed by atoms with van der Waals surface area (Å²) in [6.45, 7) is 9.02. The first-order valence-corrected chi connectivity index (χ1v) is 8.44. The highest BCUT2D eigenvalue weighted by molar-refractivity contribution is 9.09. The number of nitrogens with zero attached hydrogens (tertiary/aromatic N) is 2. The SMILES string of the molecule is CC(CCBr)CCN1CCN2CCCCC2C1. The summed E-state index contributed by atoms with van der Waals surface area (Å²) in [6, 6.07) is 0.879. The Bertz CT molecular complexity index is 222. The number of hydrogen-bond donors (Lipinski definition) is 0. The smallest absolute Gasteiger partial charge is 0.0223 e. The van der Waals surface area contributed by atoms with E-state index in [1.54, 1.807) is 0 Å². The van der Waals surface area contributed by atoms with E-state index in [2.05, 4.69) is 32.7 Å². The molecule has 0 aromatic carbocycles. The highest BCUT2D eigenvalue weighted by Gasteiger charge is 2.28. The van der Waals surface area contributed by atoms with Gasteiger partial charge < -0.3 is 4.90 Å². The molecule has 2 fully saturated rings. The quantitative estimate of drug-likeness (QED) is 0.721. The zero-order valence-corrected chi connectivity index (χ0v) is 12.8. The van der Waals surface area contributed by atoms with Crippen molar-refractivity contribution in [1.29, 1.82) is 0 Å². The third kappa shape index (κ3) is 4.22. The molecule has 0 aromatic rings. The Morgan fingerprint density at radius 3 is 2.88 bits per heavy atom. The molecule has 0 saturated carbocycles. The Kier molecular flexibility index (Phi) is 5.78. The number of fused-ring (bicyclic) bond motifs is 1. The molecule has 2 heterocycles. The summed E-state index contributed by atoms with van der Waals surface area (Å²) < 4.78 is 0. The average molecular weight is 303 g/mol. The minimum absolute atomic E-state index is 0.874. The van der Waals surface area contributed by atoms with Crippen molar-refractivity contribution in [3.05, 3.63) is 0 Å². The van der Waals surface area contributed by atoms with Crippen LogP contribution in [0.4, 0.5) is 0 Å². The van der Waals surface area contributed by atoms with E-state index >= 15 is 0 Å². The molecule has 0 radical (unpaired) electrons. The molecule has 100 valence electrons. The number of alkyl halides is 1. The highest BCUT2D eigenvalue weighted by Crippen LogP contribution is 2.21. The molecule has 2 atom stereocenters. The van der Waals surface area contributed by atoms with Crippen LogP contribution in [0.15, 0.2) is 0 Å². The maximum atomic E-state index is 3.54. The van der Waals surface area contributed by atoms with E-state index in [1.807, 2.05) is 0 Å². The van der Waals surface area contributed by atoms with E-state index in [-0.39, 0.29) is 0 Å². The fourth-order valence-electron chi connectivity index (χ4n) is 3.16. The van der Waals surface area contributed by atoms with Crippen LogP contribution in [-0.4, -0.2) is 53.9 Å². The van der Waals surface area contributed by atoms with Crippen LogP contribution in [0.1, 0.15) is 39.0 Å². The van der Waals surface area contributed by atoms with Crippen molar-refractivity contribution >= 4 is 15.9 Å². The van der Waals surface area contributed by atoms with E-state index in [1.165, 1.54) is 64.8 Å². The van der Waals surface area contributed by atoms with Crippen molar-refractivity contribution in [3.8, 4) is 0 Å². The molecule has 0 aromatic heterocycles. The fraction of sp³-hybridized carbons (Fsp3) is 1.00. The summed E-state index contributed by atoms with van der Waals surface area (Å²) in [4.78, 5) is 5.43. The second kappa shape index (κ2) is 7.10. The van der Waals surface area contributed by atoms with E-state index in [0.717, 1.165) is 17.3 Å². The number of halogens is 1. The molecule has 0 aliphatic carbocycles. The molecule has 17 heavy (non-hydrogen) atoms. The van der Waals surface area contributed by atoms with Gasteiger partial charge in [-0.05, 0) is 44.7 Å². The van der Waals surface area contributed by atoms with Crippen LogP contribution in [0.3, 0.4) is 0 Å². The Hall–Kier alpha value is 0.400. The van der Waals surface area contributed by atoms with E-state index in [0.29, 0.717) is 0 Å². The molecule has 2 aliphatic heterocycles. The van der Waals surface area contributed by atoms with Crippen molar-refractivity contribution in [2.45, 2.75) is 45.1 Å². The molecular weight excluding hydrogens is 276 g/mol. The van der Waals surface area contributed by atoms with Gasteiger partial charge in [0.2, 0.25) is 0 Å². The van der Waals surface area contributed by atoms with Gasteiger partial charge in [-0.1, -0.05) is 29.3 Å². The van der Waals surface area contributed by atoms with E-state index in [9.17, 15) is 0 Å². The van der Waals surface area contributed by atoms with Gasteiger partial charge >= 0.3 is 0 Å². The van der Waals surface area contributed by atoms with Crippen LogP contribution in [0.2, 0.25) is 0 Å². The van der Waals surface area contributed by atoms with Gasteiger partial charge in [0.25, 0.3) is 0 Å². The number of piperazine rings is 1. The number of rotatable bonds is 5. The van der Waals surface area contributed by atoms with Crippen LogP contribution in [0.5, 0.6) is 0 Å². The minimum Gasteiger partial charge on any atom is -0.301 e. The van der Waals surface area contributed by atoms with Gasteiger partial charge in [-0.15, -0.1) is 0 Å². The molecule has 2 saturated heterocycles. The summed E-state index contributed by atoms with van der Waals surface area (Å²) in [5.74, 6) is 0.874. The molecule has 3 heteroatoms. The predicted molar refractivity (Wildman–Crippen MR) is 77.8 cm³/mol. The van der Waals surface area contributed by atoms with Crippen LogP contribution in [-0.2, 0) is 0 Å². The second-order valence-electron chi connectivity index (χ2n) is 5.86. The van der Waals surface area contributed by atoms with Gasteiger partial charge in [0, 0.05) is 31.0 Å². The Labute approximate surface area is 115 Å². The van der Waals surface area contributed by atoms with Crippen molar-refractivity contribution in [2.75, 3.05) is 38.1 Å². The summed E-state index contributed by atoms with van der Waals surface area (Å²) in [6.07, 6.45) is 7.02. The standard InChI is InChI=1S/C14H27BrN2/c1-13(5-7-15)6-9-16-10-11-17-8-3-2-4-14(17)12-16/h13-14H,2-12H2,1H3. The van der Waals surface area contributed by atoms with Crippen molar-refractivity contribution in [3.63, 3.8) is 0 Å². The van der Waals surface area contributed by atoms with Crippen LogP contribution >= 0.6 is 15.9 Å². The molecule has 0 spiro atoms. The monoisotopic (exact) mass is 302 g/mol. The molecular formula is C14H27BrN2. The first-order valence-electron chi connectivity index (χ1n) is 7.32. The first-order chi connectivity index (χ1) is 8.29. The Balaban J connectivity index is 1.68. The highest BCUT2D eigenvalue weighted by atomic mass is 79.9. The van der Waals surface area contributed by atoms with Crippen LogP contribution < -0.4 is 0 Å². The summed E-state index contributed by atoms with van der Waals surface area (Å²) in [5, 5.41) is 1.16. The van der Waals surface area contributed by atoms with Gasteiger partial charge in [-0.25, -0.2) is 0 Å².